The lowest BCUT2D eigenvalue weighted by molar-refractivity contribution is 0.561. The molecule has 0 radical (unpaired) electrons. The minimum Gasteiger partial charge on any atom is -0.399 e. The summed E-state index contributed by atoms with van der Waals surface area (Å²) in [7, 11) is -3.92. The maximum absolute atomic E-state index is 13.9. The zero-order valence-electron chi connectivity index (χ0n) is 11.3. The number of hydrogen-bond donors (Lipinski definition) is 1. The molecule has 1 heterocycles. The monoisotopic (exact) mass is 306 g/mol. The quantitative estimate of drug-likeness (QED) is 0.867. The molecule has 0 spiro atoms. The van der Waals surface area contributed by atoms with Crippen LogP contribution in [-0.4, -0.2) is 15.0 Å². The van der Waals surface area contributed by atoms with Gasteiger partial charge in [-0.3, -0.25) is 4.31 Å². The van der Waals surface area contributed by atoms with Crippen molar-refractivity contribution in [1.82, 2.24) is 0 Å². The van der Waals surface area contributed by atoms with E-state index in [1.807, 2.05) is 6.07 Å². The number of benzene rings is 2. The van der Waals surface area contributed by atoms with Crippen molar-refractivity contribution in [2.45, 2.75) is 17.7 Å². The third-order valence-corrected chi connectivity index (χ3v) is 5.44. The number of anilines is 2. The SMILES string of the molecule is Nc1ccc2c(c1)N(S(=O)(=O)c1ccccc1F)CCC2. The molecule has 3 rings (SSSR count). The molecule has 0 bridgehead atoms. The minimum absolute atomic E-state index is 0.305. The lowest BCUT2D eigenvalue weighted by Crippen LogP contribution is -2.36. The van der Waals surface area contributed by atoms with Gasteiger partial charge in [0.15, 0.2) is 0 Å². The van der Waals surface area contributed by atoms with Crippen molar-refractivity contribution >= 4 is 21.4 Å². The summed E-state index contributed by atoms with van der Waals surface area (Å²) in [5, 5.41) is 0. The first-order chi connectivity index (χ1) is 10.00. The van der Waals surface area contributed by atoms with Crippen LogP contribution >= 0.6 is 0 Å². The molecule has 0 atom stereocenters. The first-order valence-electron chi connectivity index (χ1n) is 6.66. The molecule has 1 aliphatic rings. The van der Waals surface area contributed by atoms with Gasteiger partial charge in [-0.25, -0.2) is 12.8 Å². The smallest absolute Gasteiger partial charge is 0.267 e. The summed E-state index contributed by atoms with van der Waals surface area (Å²) < 4.78 is 40.6. The Morgan fingerprint density at radius 1 is 1.14 bits per heavy atom. The summed E-state index contributed by atoms with van der Waals surface area (Å²) in [5.41, 5.74) is 7.71. The fourth-order valence-electron chi connectivity index (χ4n) is 2.58. The summed E-state index contributed by atoms with van der Waals surface area (Å²) in [6.07, 6.45) is 1.49. The predicted molar refractivity (Wildman–Crippen MR) is 80.1 cm³/mol. The Labute approximate surface area is 123 Å². The average molecular weight is 306 g/mol. The zero-order chi connectivity index (χ0) is 15.0. The second-order valence-electron chi connectivity index (χ2n) is 5.00. The molecule has 0 aromatic heterocycles. The first kappa shape index (κ1) is 13.9. The molecular weight excluding hydrogens is 291 g/mol. The molecule has 0 aliphatic carbocycles. The summed E-state index contributed by atoms with van der Waals surface area (Å²) in [6.45, 7) is 0.327. The number of sulfonamides is 1. The van der Waals surface area contributed by atoms with Crippen LogP contribution in [0.2, 0.25) is 0 Å². The number of rotatable bonds is 2. The molecule has 0 saturated carbocycles. The van der Waals surface area contributed by atoms with Crippen LogP contribution in [0.3, 0.4) is 0 Å². The van der Waals surface area contributed by atoms with Gasteiger partial charge in [0, 0.05) is 12.2 Å². The lowest BCUT2D eigenvalue weighted by atomic mass is 10.0. The molecule has 6 heteroatoms. The van der Waals surface area contributed by atoms with Gasteiger partial charge in [-0.2, -0.15) is 0 Å². The molecule has 0 saturated heterocycles. The summed E-state index contributed by atoms with van der Waals surface area (Å²) >= 11 is 0. The van der Waals surface area contributed by atoms with E-state index in [1.54, 1.807) is 12.1 Å². The molecule has 2 aromatic rings. The molecule has 0 fully saturated rings. The van der Waals surface area contributed by atoms with E-state index >= 15 is 0 Å². The van der Waals surface area contributed by atoms with Crippen LogP contribution in [0.1, 0.15) is 12.0 Å². The van der Waals surface area contributed by atoms with Crippen LogP contribution in [0.4, 0.5) is 15.8 Å². The molecule has 0 unspecified atom stereocenters. The summed E-state index contributed by atoms with van der Waals surface area (Å²) in [5.74, 6) is -0.742. The van der Waals surface area contributed by atoms with Crippen molar-refractivity contribution in [3.63, 3.8) is 0 Å². The third-order valence-electron chi connectivity index (χ3n) is 3.59. The second kappa shape index (κ2) is 5.04. The van der Waals surface area contributed by atoms with E-state index in [-0.39, 0.29) is 4.90 Å². The molecular formula is C15H15FN2O2S. The molecule has 2 aromatic carbocycles. The van der Waals surface area contributed by atoms with Crippen molar-refractivity contribution in [2.24, 2.45) is 0 Å². The highest BCUT2D eigenvalue weighted by molar-refractivity contribution is 7.92. The largest absolute Gasteiger partial charge is 0.399 e. The first-order valence-corrected chi connectivity index (χ1v) is 8.10. The van der Waals surface area contributed by atoms with Gasteiger partial charge in [-0.1, -0.05) is 18.2 Å². The number of nitrogens with zero attached hydrogens (tertiary/aromatic N) is 1. The molecule has 2 N–H and O–H groups in total. The number of nitrogen functional groups attached to an aromatic ring is 1. The Morgan fingerprint density at radius 2 is 1.90 bits per heavy atom. The van der Waals surface area contributed by atoms with Crippen LogP contribution in [0.25, 0.3) is 0 Å². The number of halogens is 1. The second-order valence-corrected chi connectivity index (χ2v) is 6.83. The van der Waals surface area contributed by atoms with Gasteiger partial charge in [0.2, 0.25) is 0 Å². The van der Waals surface area contributed by atoms with E-state index in [9.17, 15) is 12.8 Å². The lowest BCUT2D eigenvalue weighted by Gasteiger charge is -2.30. The normalized spacial score (nSPS) is 14.8. The Hall–Kier alpha value is -2.08. The van der Waals surface area contributed by atoms with Gasteiger partial charge in [0.25, 0.3) is 10.0 Å². The predicted octanol–water partition coefficient (Wildman–Crippen LogP) is 2.55. The van der Waals surface area contributed by atoms with Gasteiger partial charge in [-0.05, 0) is 42.7 Å². The zero-order valence-corrected chi connectivity index (χ0v) is 12.1. The highest BCUT2D eigenvalue weighted by Gasteiger charge is 2.31. The van der Waals surface area contributed by atoms with E-state index in [2.05, 4.69) is 0 Å². The molecule has 4 nitrogen and oxygen atoms in total. The molecule has 0 amide bonds. The fraction of sp³-hybridized carbons (Fsp3) is 0.200. The van der Waals surface area contributed by atoms with Gasteiger partial charge in [0.1, 0.15) is 10.7 Å². The minimum atomic E-state index is -3.92. The highest BCUT2D eigenvalue weighted by atomic mass is 32.2. The standard InChI is InChI=1S/C15H15FN2O2S/c16-13-5-1-2-6-15(13)21(19,20)18-9-3-4-11-7-8-12(17)10-14(11)18/h1-2,5-8,10H,3-4,9,17H2. The number of fused-ring (bicyclic) bond motifs is 1. The molecule has 110 valence electrons. The third kappa shape index (κ3) is 2.35. The summed E-state index contributed by atoms with van der Waals surface area (Å²) in [4.78, 5) is -0.305. The number of nitrogens with two attached hydrogens (primary N) is 1. The Morgan fingerprint density at radius 3 is 2.67 bits per heavy atom. The van der Waals surface area contributed by atoms with E-state index in [0.717, 1.165) is 18.1 Å². The van der Waals surface area contributed by atoms with Crippen LogP contribution in [0.5, 0.6) is 0 Å². The average Bonchev–Trinajstić information content (AvgIpc) is 2.46. The van der Waals surface area contributed by atoms with Gasteiger partial charge in [0.05, 0.1) is 5.69 Å². The van der Waals surface area contributed by atoms with Crippen molar-refractivity contribution in [2.75, 3.05) is 16.6 Å². The Balaban J connectivity index is 2.14. The molecule has 21 heavy (non-hydrogen) atoms. The number of hydrogen-bond acceptors (Lipinski definition) is 3. The van der Waals surface area contributed by atoms with Gasteiger partial charge >= 0.3 is 0 Å². The Kier molecular flexibility index (Phi) is 3.33. The van der Waals surface area contributed by atoms with E-state index in [4.69, 9.17) is 5.73 Å². The van der Waals surface area contributed by atoms with Crippen LogP contribution in [0, 0.1) is 5.82 Å². The van der Waals surface area contributed by atoms with Crippen LogP contribution in [-0.2, 0) is 16.4 Å². The molecule has 1 aliphatic heterocycles. The fourth-order valence-corrected chi connectivity index (χ4v) is 4.18. The maximum Gasteiger partial charge on any atom is 0.267 e. The van der Waals surface area contributed by atoms with Crippen molar-refractivity contribution < 1.29 is 12.8 Å². The number of aryl methyl sites for hydroxylation is 1. The topological polar surface area (TPSA) is 63.4 Å². The van der Waals surface area contributed by atoms with E-state index in [0.29, 0.717) is 24.3 Å². The van der Waals surface area contributed by atoms with E-state index < -0.39 is 15.8 Å². The van der Waals surface area contributed by atoms with Crippen molar-refractivity contribution in [3.8, 4) is 0 Å². The van der Waals surface area contributed by atoms with Gasteiger partial charge in [-0.15, -0.1) is 0 Å². The van der Waals surface area contributed by atoms with Gasteiger partial charge < -0.3 is 5.73 Å². The van der Waals surface area contributed by atoms with Crippen molar-refractivity contribution in [3.05, 3.63) is 53.8 Å². The highest BCUT2D eigenvalue weighted by Crippen LogP contribution is 2.33. The summed E-state index contributed by atoms with van der Waals surface area (Å²) in [6, 6.07) is 10.6. The van der Waals surface area contributed by atoms with E-state index in [1.165, 1.54) is 22.5 Å². The van der Waals surface area contributed by atoms with Crippen molar-refractivity contribution in [1.29, 1.82) is 0 Å². The maximum atomic E-state index is 13.9. The Bertz CT molecular complexity index is 790. The van der Waals surface area contributed by atoms with Crippen LogP contribution < -0.4 is 10.0 Å². The van der Waals surface area contributed by atoms with Crippen LogP contribution in [0.15, 0.2) is 47.4 Å².